The minimum atomic E-state index is 0.0368. The monoisotopic (exact) mass is 278 g/mol. The zero-order valence-corrected chi connectivity index (χ0v) is 12.1. The highest BCUT2D eigenvalue weighted by atomic mass is 16.5. The van der Waals surface area contributed by atoms with Crippen molar-refractivity contribution in [2.24, 2.45) is 0 Å². The van der Waals surface area contributed by atoms with Crippen LogP contribution in [-0.2, 0) is 4.79 Å². The van der Waals surface area contributed by atoms with E-state index < -0.39 is 0 Å². The number of benzene rings is 1. The van der Waals surface area contributed by atoms with E-state index in [4.69, 9.17) is 4.74 Å². The van der Waals surface area contributed by atoms with Crippen LogP contribution >= 0.6 is 0 Å². The molecule has 0 aliphatic heterocycles. The van der Waals surface area contributed by atoms with Crippen LogP contribution in [0.2, 0.25) is 0 Å². The van der Waals surface area contributed by atoms with E-state index in [0.29, 0.717) is 37.3 Å². The number of hydrogen-bond donors (Lipinski definition) is 2. The summed E-state index contributed by atoms with van der Waals surface area (Å²) in [6.07, 6.45) is 1.12. The summed E-state index contributed by atoms with van der Waals surface area (Å²) in [7, 11) is 1.84. The Balaban J connectivity index is 2.17. The highest BCUT2D eigenvalue weighted by Crippen LogP contribution is 2.12. The second kappa shape index (κ2) is 9.09. The second-order valence-electron chi connectivity index (χ2n) is 4.49. The standard InChI is InChI=1S/C15H22N2O3/c1-12(18)13-5-7-14(8-6-13)20-11-3-4-15(19)17-10-9-16-2/h5-8,16H,3-4,9-11H2,1-2H3,(H,17,19). The lowest BCUT2D eigenvalue weighted by atomic mass is 10.1. The van der Waals surface area contributed by atoms with Gasteiger partial charge >= 0.3 is 0 Å². The zero-order valence-electron chi connectivity index (χ0n) is 12.1. The maximum absolute atomic E-state index is 11.4. The molecule has 0 aromatic heterocycles. The molecule has 0 aliphatic rings. The van der Waals surface area contributed by atoms with Crippen LogP contribution in [0.3, 0.4) is 0 Å². The van der Waals surface area contributed by atoms with Crippen molar-refractivity contribution in [2.45, 2.75) is 19.8 Å². The van der Waals surface area contributed by atoms with Crippen molar-refractivity contribution in [3.8, 4) is 5.75 Å². The summed E-state index contributed by atoms with van der Waals surface area (Å²) < 4.78 is 5.51. The lowest BCUT2D eigenvalue weighted by Gasteiger charge is -2.07. The number of ketones is 1. The molecule has 110 valence electrons. The van der Waals surface area contributed by atoms with Crippen molar-refractivity contribution in [2.75, 3.05) is 26.7 Å². The van der Waals surface area contributed by atoms with Crippen molar-refractivity contribution < 1.29 is 14.3 Å². The van der Waals surface area contributed by atoms with Crippen LogP contribution in [0.1, 0.15) is 30.1 Å². The summed E-state index contributed by atoms with van der Waals surface area (Å²) in [5.41, 5.74) is 0.668. The summed E-state index contributed by atoms with van der Waals surface area (Å²) in [6, 6.07) is 7.01. The molecule has 1 aromatic carbocycles. The Morgan fingerprint density at radius 1 is 1.15 bits per heavy atom. The van der Waals surface area contributed by atoms with E-state index in [1.165, 1.54) is 6.92 Å². The third-order valence-corrected chi connectivity index (χ3v) is 2.77. The minimum absolute atomic E-state index is 0.0368. The topological polar surface area (TPSA) is 67.4 Å². The van der Waals surface area contributed by atoms with Gasteiger partial charge in [-0.25, -0.2) is 0 Å². The molecule has 0 aliphatic carbocycles. The van der Waals surface area contributed by atoms with E-state index >= 15 is 0 Å². The third kappa shape index (κ3) is 6.33. The van der Waals surface area contributed by atoms with Gasteiger partial charge in [0.1, 0.15) is 5.75 Å². The van der Waals surface area contributed by atoms with Crippen LogP contribution < -0.4 is 15.4 Å². The molecule has 0 atom stereocenters. The molecule has 1 rings (SSSR count). The fourth-order valence-electron chi connectivity index (χ4n) is 1.62. The van der Waals surface area contributed by atoms with E-state index in [0.717, 1.165) is 6.54 Å². The molecule has 5 nitrogen and oxygen atoms in total. The Morgan fingerprint density at radius 2 is 1.85 bits per heavy atom. The van der Waals surface area contributed by atoms with E-state index in [-0.39, 0.29) is 11.7 Å². The molecule has 0 unspecified atom stereocenters. The predicted octanol–water partition coefficient (Wildman–Crippen LogP) is 1.38. The number of ether oxygens (including phenoxy) is 1. The number of Topliss-reactive ketones (excluding diaryl/α,β-unsaturated/α-hetero) is 1. The van der Waals surface area contributed by atoms with Gasteiger partial charge in [-0.2, -0.15) is 0 Å². The van der Waals surface area contributed by atoms with Gasteiger partial charge in [0.05, 0.1) is 6.61 Å². The van der Waals surface area contributed by atoms with E-state index in [9.17, 15) is 9.59 Å². The van der Waals surface area contributed by atoms with Gasteiger partial charge in [-0.3, -0.25) is 9.59 Å². The van der Waals surface area contributed by atoms with Crippen LogP contribution in [-0.4, -0.2) is 38.4 Å². The molecule has 0 saturated heterocycles. The molecular formula is C15H22N2O3. The molecule has 1 aromatic rings. The maximum atomic E-state index is 11.4. The Kier molecular flexibility index (Phi) is 7.35. The molecule has 0 spiro atoms. The number of nitrogens with one attached hydrogen (secondary N) is 2. The molecular weight excluding hydrogens is 256 g/mol. The number of carbonyl (C=O) groups excluding carboxylic acids is 2. The highest BCUT2D eigenvalue weighted by molar-refractivity contribution is 5.94. The number of carbonyl (C=O) groups is 2. The van der Waals surface area contributed by atoms with Crippen molar-refractivity contribution in [3.63, 3.8) is 0 Å². The molecule has 5 heteroatoms. The van der Waals surface area contributed by atoms with Crippen molar-refractivity contribution in [1.29, 1.82) is 0 Å². The van der Waals surface area contributed by atoms with Crippen molar-refractivity contribution in [1.82, 2.24) is 10.6 Å². The SMILES string of the molecule is CNCCNC(=O)CCCOc1ccc(C(C)=O)cc1. The number of hydrogen-bond acceptors (Lipinski definition) is 4. The number of amides is 1. The van der Waals surface area contributed by atoms with Gasteiger partial charge in [0.15, 0.2) is 5.78 Å². The lowest BCUT2D eigenvalue weighted by Crippen LogP contribution is -2.30. The summed E-state index contributed by atoms with van der Waals surface area (Å²) in [5, 5.41) is 5.77. The Bertz CT molecular complexity index is 429. The molecule has 0 bridgehead atoms. The van der Waals surface area contributed by atoms with Gasteiger partial charge in [-0.15, -0.1) is 0 Å². The highest BCUT2D eigenvalue weighted by Gasteiger charge is 2.02. The first-order chi connectivity index (χ1) is 9.63. The van der Waals surface area contributed by atoms with Gasteiger partial charge < -0.3 is 15.4 Å². The normalized spacial score (nSPS) is 10.1. The molecule has 2 N–H and O–H groups in total. The Labute approximate surface area is 119 Å². The fraction of sp³-hybridized carbons (Fsp3) is 0.467. The summed E-state index contributed by atoms with van der Waals surface area (Å²) in [6.45, 7) is 3.43. The van der Waals surface area contributed by atoms with Gasteiger partial charge in [0.25, 0.3) is 0 Å². The quantitative estimate of drug-likeness (QED) is 0.529. The second-order valence-corrected chi connectivity index (χ2v) is 4.49. The molecule has 0 fully saturated rings. The van der Waals surface area contributed by atoms with Crippen molar-refractivity contribution in [3.05, 3.63) is 29.8 Å². The number of likely N-dealkylation sites (N-methyl/N-ethyl adjacent to an activating group) is 1. The van der Waals surface area contributed by atoms with Crippen LogP contribution in [0, 0.1) is 0 Å². The summed E-state index contributed by atoms with van der Waals surface area (Å²) in [5.74, 6) is 0.788. The zero-order chi connectivity index (χ0) is 14.8. The smallest absolute Gasteiger partial charge is 0.220 e. The minimum Gasteiger partial charge on any atom is -0.494 e. The molecule has 0 saturated carbocycles. The van der Waals surface area contributed by atoms with E-state index in [2.05, 4.69) is 10.6 Å². The molecule has 0 heterocycles. The number of rotatable bonds is 9. The Morgan fingerprint density at radius 3 is 2.45 bits per heavy atom. The van der Waals surface area contributed by atoms with Gasteiger partial charge in [-0.05, 0) is 44.7 Å². The first-order valence-electron chi connectivity index (χ1n) is 6.78. The third-order valence-electron chi connectivity index (χ3n) is 2.77. The lowest BCUT2D eigenvalue weighted by molar-refractivity contribution is -0.121. The summed E-state index contributed by atoms with van der Waals surface area (Å²) >= 11 is 0. The first kappa shape index (κ1) is 16.2. The van der Waals surface area contributed by atoms with Crippen LogP contribution in [0.25, 0.3) is 0 Å². The average molecular weight is 278 g/mol. The van der Waals surface area contributed by atoms with Gasteiger partial charge in [-0.1, -0.05) is 0 Å². The molecule has 20 heavy (non-hydrogen) atoms. The first-order valence-corrected chi connectivity index (χ1v) is 6.78. The van der Waals surface area contributed by atoms with E-state index in [1.54, 1.807) is 24.3 Å². The summed E-state index contributed by atoms with van der Waals surface area (Å²) in [4.78, 5) is 22.5. The molecule has 1 amide bonds. The van der Waals surface area contributed by atoms with Crippen LogP contribution in [0.15, 0.2) is 24.3 Å². The molecule has 0 radical (unpaired) electrons. The van der Waals surface area contributed by atoms with Crippen LogP contribution in [0.5, 0.6) is 5.75 Å². The van der Waals surface area contributed by atoms with E-state index in [1.807, 2.05) is 7.05 Å². The van der Waals surface area contributed by atoms with Gasteiger partial charge in [0.2, 0.25) is 5.91 Å². The van der Waals surface area contributed by atoms with Crippen LogP contribution in [0.4, 0.5) is 0 Å². The van der Waals surface area contributed by atoms with Gasteiger partial charge in [0, 0.05) is 25.1 Å². The average Bonchev–Trinajstić information content (AvgIpc) is 2.44. The predicted molar refractivity (Wildman–Crippen MR) is 78.1 cm³/mol. The fourth-order valence-corrected chi connectivity index (χ4v) is 1.62. The maximum Gasteiger partial charge on any atom is 0.220 e. The Hall–Kier alpha value is -1.88. The largest absolute Gasteiger partial charge is 0.494 e. The van der Waals surface area contributed by atoms with Crippen molar-refractivity contribution >= 4 is 11.7 Å².